The van der Waals surface area contributed by atoms with Crippen LogP contribution < -0.4 is 0 Å². The second-order valence-corrected chi connectivity index (χ2v) is 2.88. The van der Waals surface area contributed by atoms with E-state index in [1.165, 1.54) is 0 Å². The largest absolute Gasteiger partial charge is 0.459 e. The highest BCUT2D eigenvalue weighted by Gasteiger charge is 2.77. The van der Waals surface area contributed by atoms with E-state index in [-0.39, 0.29) is 0 Å². The Morgan fingerprint density at radius 1 is 0.647 bits per heavy atom. The van der Waals surface area contributed by atoms with E-state index in [0.717, 1.165) is 0 Å². The number of hydrogen-bond donors (Lipinski definition) is 0. The molecular weight excluding hydrogens is 281 g/mol. The molecule has 0 nitrogen and oxygen atoms in total. The highest BCUT2D eigenvalue weighted by molar-refractivity contribution is 4.99. The van der Waals surface area contributed by atoms with Crippen molar-refractivity contribution in [1.29, 1.82) is 0 Å². The number of hydrogen-bond acceptors (Lipinski definition) is 0. The molecule has 0 rings (SSSR count). The van der Waals surface area contributed by atoms with E-state index >= 15 is 0 Å². The van der Waals surface area contributed by atoms with Crippen LogP contribution in [0.2, 0.25) is 0 Å². The van der Waals surface area contributed by atoms with E-state index in [0.29, 0.717) is 0 Å². The van der Waals surface area contributed by atoms with Gasteiger partial charge in [-0.1, -0.05) is 0 Å². The van der Waals surface area contributed by atoms with Crippen LogP contribution in [-0.2, 0) is 0 Å². The molecule has 104 valence electrons. The summed E-state index contributed by atoms with van der Waals surface area (Å²) in [4.78, 5) is 0. The topological polar surface area (TPSA) is 0 Å². The van der Waals surface area contributed by atoms with Crippen LogP contribution in [0, 0.1) is 0 Å². The van der Waals surface area contributed by atoms with Crippen LogP contribution in [0.15, 0.2) is 0 Å². The fourth-order valence-corrected chi connectivity index (χ4v) is 0.690. The second-order valence-electron chi connectivity index (χ2n) is 2.88. The number of alkyl halides is 11. The van der Waals surface area contributed by atoms with Crippen molar-refractivity contribution < 1.29 is 48.3 Å². The summed E-state index contributed by atoms with van der Waals surface area (Å²) in [5.41, 5.74) is 0. The third-order valence-corrected chi connectivity index (χ3v) is 1.64. The molecule has 0 N–H and O–H groups in total. The van der Waals surface area contributed by atoms with Crippen LogP contribution >= 0.6 is 0 Å². The average molecular weight is 284 g/mol. The van der Waals surface area contributed by atoms with Crippen LogP contribution in [0.1, 0.15) is 0 Å². The van der Waals surface area contributed by atoms with Gasteiger partial charge < -0.3 is 0 Å². The molecule has 2 atom stereocenters. The third kappa shape index (κ3) is 2.73. The Bertz CT molecular complexity index is 253. The molecule has 0 spiro atoms. The van der Waals surface area contributed by atoms with Gasteiger partial charge >= 0.3 is 18.0 Å². The van der Waals surface area contributed by atoms with Gasteiger partial charge in [0.05, 0.1) is 0 Å². The van der Waals surface area contributed by atoms with Gasteiger partial charge in [-0.2, -0.15) is 30.7 Å². The molecule has 0 aliphatic rings. The maximum atomic E-state index is 12.3. The summed E-state index contributed by atoms with van der Waals surface area (Å²) in [6.07, 6.45) is -20.8. The molecule has 17 heavy (non-hydrogen) atoms. The number of rotatable bonds is 4. The van der Waals surface area contributed by atoms with E-state index < -0.39 is 36.8 Å². The lowest BCUT2D eigenvalue weighted by molar-refractivity contribution is -0.370. The first-order valence-corrected chi connectivity index (χ1v) is 3.65. The van der Waals surface area contributed by atoms with Crippen LogP contribution in [0.5, 0.6) is 0 Å². The molecule has 0 heterocycles. The smallest absolute Gasteiger partial charge is 0.238 e. The third-order valence-electron chi connectivity index (χ3n) is 1.64. The molecule has 0 saturated carbocycles. The van der Waals surface area contributed by atoms with Crippen molar-refractivity contribution in [3.05, 3.63) is 0 Å². The molecule has 0 aromatic carbocycles. The first kappa shape index (κ1) is 16.2. The molecule has 11 heteroatoms. The lowest BCUT2D eigenvalue weighted by Gasteiger charge is -2.31. The fraction of sp³-hybridized carbons (Fsp3) is 1.00. The van der Waals surface area contributed by atoms with Crippen molar-refractivity contribution in [2.24, 2.45) is 0 Å². The predicted molar refractivity (Wildman–Crippen MR) is 31.7 cm³/mol. The molecule has 0 saturated heterocycles. The maximum Gasteiger partial charge on any atom is 0.459 e. The van der Waals surface area contributed by atoms with Gasteiger partial charge in [0.2, 0.25) is 6.17 Å². The van der Waals surface area contributed by atoms with E-state index in [9.17, 15) is 48.3 Å². The summed E-state index contributed by atoms with van der Waals surface area (Å²) in [5.74, 6) is -13.6. The molecule has 0 aromatic rings. The normalized spacial score (nSPS) is 18.4. The molecule has 0 radical (unpaired) electrons. The zero-order chi connectivity index (χ0) is 14.2. The monoisotopic (exact) mass is 284 g/mol. The standard InChI is InChI=1S/C6H3F11/c7-1(3(9)10)2(8)4(11,12)5(13,14)6(15,16)17/h1-3H. The molecule has 0 aliphatic carbocycles. The van der Waals surface area contributed by atoms with Gasteiger partial charge in [-0.25, -0.2) is 17.6 Å². The van der Waals surface area contributed by atoms with Gasteiger partial charge in [0, 0.05) is 0 Å². The van der Waals surface area contributed by atoms with Crippen LogP contribution in [0.4, 0.5) is 48.3 Å². The predicted octanol–water partition coefficient (Wildman–Crippen LogP) is 3.76. The Hall–Kier alpha value is -0.770. The van der Waals surface area contributed by atoms with Crippen molar-refractivity contribution in [2.75, 3.05) is 0 Å². The van der Waals surface area contributed by atoms with Gasteiger partial charge in [0.25, 0.3) is 6.43 Å². The SMILES string of the molecule is FC(F)C(F)C(F)C(F)(F)C(F)(F)C(F)(F)F. The first-order valence-electron chi connectivity index (χ1n) is 3.65. The van der Waals surface area contributed by atoms with Crippen molar-refractivity contribution in [3.8, 4) is 0 Å². The fourth-order valence-electron chi connectivity index (χ4n) is 0.690. The zero-order valence-corrected chi connectivity index (χ0v) is 7.39. The lowest BCUT2D eigenvalue weighted by atomic mass is 10.0. The van der Waals surface area contributed by atoms with E-state index in [2.05, 4.69) is 0 Å². The van der Waals surface area contributed by atoms with Crippen LogP contribution in [-0.4, -0.2) is 36.8 Å². The number of halogens is 11. The Balaban J connectivity index is 5.27. The van der Waals surface area contributed by atoms with Crippen LogP contribution in [0.25, 0.3) is 0 Å². The van der Waals surface area contributed by atoms with E-state index in [1.807, 2.05) is 0 Å². The minimum Gasteiger partial charge on any atom is -0.238 e. The van der Waals surface area contributed by atoms with Crippen molar-refractivity contribution in [3.63, 3.8) is 0 Å². The summed E-state index contributed by atoms with van der Waals surface area (Å²) in [5, 5.41) is 0. The molecular formula is C6H3F11. The van der Waals surface area contributed by atoms with Crippen molar-refractivity contribution >= 4 is 0 Å². The first-order chi connectivity index (χ1) is 7.26. The molecule has 0 amide bonds. The average Bonchev–Trinajstić information content (AvgIpc) is 2.13. The van der Waals surface area contributed by atoms with Gasteiger partial charge in [0.1, 0.15) is 0 Å². The molecule has 0 aromatic heterocycles. The van der Waals surface area contributed by atoms with Gasteiger partial charge in [-0.3, -0.25) is 0 Å². The lowest BCUT2D eigenvalue weighted by Crippen LogP contribution is -2.59. The Morgan fingerprint density at radius 2 is 1.00 bits per heavy atom. The Labute approximate surface area is 86.4 Å². The molecule has 2 unspecified atom stereocenters. The van der Waals surface area contributed by atoms with Crippen LogP contribution in [0.3, 0.4) is 0 Å². The van der Waals surface area contributed by atoms with Gasteiger partial charge in [0.15, 0.2) is 6.17 Å². The second kappa shape index (κ2) is 4.48. The summed E-state index contributed by atoms with van der Waals surface area (Å²) in [6.45, 7) is 0. The minimum absolute atomic E-state index is 4.46. The Kier molecular flexibility index (Phi) is 4.28. The minimum atomic E-state index is -6.96. The molecule has 0 fully saturated rings. The Morgan fingerprint density at radius 3 is 1.24 bits per heavy atom. The molecule has 0 aliphatic heterocycles. The highest BCUT2D eigenvalue weighted by Crippen LogP contribution is 2.49. The summed E-state index contributed by atoms with van der Waals surface area (Å²) in [6, 6.07) is 0. The zero-order valence-electron chi connectivity index (χ0n) is 7.39. The van der Waals surface area contributed by atoms with Gasteiger partial charge in [-0.05, 0) is 0 Å². The highest BCUT2D eigenvalue weighted by atomic mass is 19.4. The van der Waals surface area contributed by atoms with E-state index in [1.54, 1.807) is 0 Å². The van der Waals surface area contributed by atoms with Gasteiger partial charge in [-0.15, -0.1) is 0 Å². The quantitative estimate of drug-likeness (QED) is 0.689. The summed E-state index contributed by atoms with van der Waals surface area (Å²) in [7, 11) is 0. The summed E-state index contributed by atoms with van der Waals surface area (Å²) >= 11 is 0. The van der Waals surface area contributed by atoms with Crippen molar-refractivity contribution in [2.45, 2.75) is 36.8 Å². The van der Waals surface area contributed by atoms with E-state index in [4.69, 9.17) is 0 Å². The summed E-state index contributed by atoms with van der Waals surface area (Å²) < 4.78 is 130. The van der Waals surface area contributed by atoms with Crippen molar-refractivity contribution in [1.82, 2.24) is 0 Å². The molecule has 0 bridgehead atoms. The maximum absolute atomic E-state index is 12.3.